The molecule has 0 fully saturated rings. The van der Waals surface area contributed by atoms with Crippen LogP contribution in [0.2, 0.25) is 0 Å². The molecule has 0 aliphatic carbocycles. The molecule has 0 unspecified atom stereocenters. The predicted octanol–water partition coefficient (Wildman–Crippen LogP) is 2.93. The summed E-state index contributed by atoms with van der Waals surface area (Å²) >= 11 is 0. The summed E-state index contributed by atoms with van der Waals surface area (Å²) in [4.78, 5) is 2.40. The molecule has 0 aliphatic rings. The predicted molar refractivity (Wildman–Crippen MR) is 56.4 cm³/mol. The third kappa shape index (κ3) is 7.80. The Balaban J connectivity index is 3.31. The van der Waals surface area contributed by atoms with E-state index in [0.29, 0.717) is 0 Å². The third-order valence-electron chi connectivity index (χ3n) is 1.82. The number of nitrogens with zero attached hydrogens (tertiary/aromatic N) is 1. The Morgan fingerprint density at radius 1 is 1.42 bits per heavy atom. The Morgan fingerprint density at radius 2 is 2.00 bits per heavy atom. The topological polar surface area (TPSA) is 3.24 Å². The van der Waals surface area contributed by atoms with Crippen molar-refractivity contribution in [1.29, 1.82) is 0 Å². The van der Waals surface area contributed by atoms with Crippen LogP contribution in [0.5, 0.6) is 0 Å². The van der Waals surface area contributed by atoms with Crippen LogP contribution in [0.1, 0.15) is 33.6 Å². The summed E-state index contributed by atoms with van der Waals surface area (Å²) in [7, 11) is 2.19. The molecule has 1 heteroatoms. The fourth-order valence-electron chi connectivity index (χ4n) is 1.37. The lowest BCUT2D eigenvalue weighted by molar-refractivity contribution is 0.292. The second-order valence-electron chi connectivity index (χ2n) is 4.22. The number of rotatable bonds is 6. The molecule has 0 aromatic carbocycles. The molecule has 0 atom stereocenters. The van der Waals surface area contributed by atoms with Crippen LogP contribution in [0.4, 0.5) is 0 Å². The normalized spacial score (nSPS) is 11.2. The molecule has 1 nitrogen and oxygen atoms in total. The van der Waals surface area contributed by atoms with Gasteiger partial charge in [-0.1, -0.05) is 19.4 Å². The summed E-state index contributed by atoms with van der Waals surface area (Å²) in [6.45, 7) is 12.9. The van der Waals surface area contributed by atoms with E-state index in [0.717, 1.165) is 5.92 Å². The first-order valence-corrected chi connectivity index (χ1v) is 4.85. The summed E-state index contributed by atoms with van der Waals surface area (Å²) in [5.74, 6) is 0.778. The maximum Gasteiger partial charge on any atom is 0.000133 e. The Labute approximate surface area is 77.5 Å². The van der Waals surface area contributed by atoms with Gasteiger partial charge in [-0.05, 0) is 39.3 Å². The number of allylic oxidation sites excluding steroid dienone is 1. The van der Waals surface area contributed by atoms with E-state index in [9.17, 15) is 0 Å². The zero-order chi connectivity index (χ0) is 9.56. The average molecular weight is 169 g/mol. The van der Waals surface area contributed by atoms with Gasteiger partial charge in [-0.15, -0.1) is 6.58 Å². The van der Waals surface area contributed by atoms with E-state index in [1.807, 2.05) is 0 Å². The Hall–Kier alpha value is -0.300. The van der Waals surface area contributed by atoms with E-state index in [-0.39, 0.29) is 0 Å². The van der Waals surface area contributed by atoms with Crippen molar-refractivity contribution in [2.75, 3.05) is 20.1 Å². The molecule has 0 aromatic heterocycles. The van der Waals surface area contributed by atoms with Gasteiger partial charge in [0.2, 0.25) is 0 Å². The number of hydrogen-bond acceptors (Lipinski definition) is 1. The van der Waals surface area contributed by atoms with E-state index < -0.39 is 0 Å². The molecule has 0 bridgehead atoms. The highest BCUT2D eigenvalue weighted by Crippen LogP contribution is 2.03. The van der Waals surface area contributed by atoms with Gasteiger partial charge in [0.25, 0.3) is 0 Å². The molecule has 12 heavy (non-hydrogen) atoms. The SMILES string of the molecule is C=C(C)CCCN(C)CC(C)C. The lowest BCUT2D eigenvalue weighted by atomic mass is 10.1. The molecule has 0 saturated carbocycles. The van der Waals surface area contributed by atoms with Gasteiger partial charge in [0.1, 0.15) is 0 Å². The zero-order valence-corrected chi connectivity index (χ0v) is 9.06. The minimum absolute atomic E-state index is 0.778. The van der Waals surface area contributed by atoms with Crippen LogP contribution in [0.25, 0.3) is 0 Å². The van der Waals surface area contributed by atoms with Crippen molar-refractivity contribution in [2.45, 2.75) is 33.6 Å². The molecule has 0 radical (unpaired) electrons. The lowest BCUT2D eigenvalue weighted by Crippen LogP contribution is -2.24. The van der Waals surface area contributed by atoms with Gasteiger partial charge in [0.05, 0.1) is 0 Å². The van der Waals surface area contributed by atoms with E-state index in [1.165, 1.54) is 31.5 Å². The Kier molecular flexibility index (Phi) is 6.09. The summed E-state index contributed by atoms with van der Waals surface area (Å²) in [5.41, 5.74) is 1.30. The average Bonchev–Trinajstić information content (AvgIpc) is 1.84. The smallest absolute Gasteiger partial charge is 0.000133 e. The lowest BCUT2D eigenvalue weighted by Gasteiger charge is -2.18. The summed E-state index contributed by atoms with van der Waals surface area (Å²) in [6.07, 6.45) is 2.42. The van der Waals surface area contributed by atoms with Crippen molar-refractivity contribution in [2.24, 2.45) is 5.92 Å². The summed E-state index contributed by atoms with van der Waals surface area (Å²) in [6, 6.07) is 0. The molecule has 0 aliphatic heterocycles. The molecule has 0 spiro atoms. The first-order chi connectivity index (χ1) is 5.52. The third-order valence-corrected chi connectivity index (χ3v) is 1.82. The van der Waals surface area contributed by atoms with Crippen molar-refractivity contribution in [1.82, 2.24) is 4.90 Å². The molecule has 72 valence electrons. The first-order valence-electron chi connectivity index (χ1n) is 4.85. The van der Waals surface area contributed by atoms with Crippen molar-refractivity contribution >= 4 is 0 Å². The molecule has 0 aromatic rings. The molecule has 0 rings (SSSR count). The van der Waals surface area contributed by atoms with Crippen LogP contribution < -0.4 is 0 Å². The second kappa shape index (κ2) is 6.24. The molecule has 0 amide bonds. The van der Waals surface area contributed by atoms with Crippen LogP contribution in [0.3, 0.4) is 0 Å². The minimum Gasteiger partial charge on any atom is -0.306 e. The van der Waals surface area contributed by atoms with Crippen LogP contribution in [-0.2, 0) is 0 Å². The quantitative estimate of drug-likeness (QED) is 0.553. The summed E-state index contributed by atoms with van der Waals surface area (Å²) in [5, 5.41) is 0. The minimum atomic E-state index is 0.778. The largest absolute Gasteiger partial charge is 0.306 e. The zero-order valence-electron chi connectivity index (χ0n) is 9.06. The van der Waals surface area contributed by atoms with Gasteiger partial charge in [0.15, 0.2) is 0 Å². The fourth-order valence-corrected chi connectivity index (χ4v) is 1.37. The Morgan fingerprint density at radius 3 is 2.42 bits per heavy atom. The van der Waals surface area contributed by atoms with E-state index in [1.54, 1.807) is 0 Å². The number of hydrogen-bond donors (Lipinski definition) is 0. The van der Waals surface area contributed by atoms with E-state index in [4.69, 9.17) is 0 Å². The van der Waals surface area contributed by atoms with Crippen molar-refractivity contribution in [3.63, 3.8) is 0 Å². The van der Waals surface area contributed by atoms with Gasteiger partial charge in [-0.25, -0.2) is 0 Å². The molecule has 0 heterocycles. The van der Waals surface area contributed by atoms with Gasteiger partial charge >= 0.3 is 0 Å². The molecular formula is C11H23N. The standard InChI is InChI=1S/C11H23N/c1-10(2)7-6-8-12(5)9-11(3)4/h11H,1,6-9H2,2-5H3. The van der Waals surface area contributed by atoms with Gasteiger partial charge < -0.3 is 4.90 Å². The second-order valence-corrected chi connectivity index (χ2v) is 4.22. The highest BCUT2D eigenvalue weighted by Gasteiger charge is 2.00. The maximum atomic E-state index is 3.89. The van der Waals surface area contributed by atoms with Crippen molar-refractivity contribution in [3.8, 4) is 0 Å². The monoisotopic (exact) mass is 169 g/mol. The Bertz CT molecular complexity index is 127. The van der Waals surface area contributed by atoms with Crippen LogP contribution in [0.15, 0.2) is 12.2 Å². The van der Waals surface area contributed by atoms with Crippen molar-refractivity contribution in [3.05, 3.63) is 12.2 Å². The first kappa shape index (κ1) is 11.7. The van der Waals surface area contributed by atoms with E-state index in [2.05, 4.69) is 39.3 Å². The van der Waals surface area contributed by atoms with Crippen molar-refractivity contribution < 1.29 is 0 Å². The highest BCUT2D eigenvalue weighted by atomic mass is 15.1. The molecule has 0 saturated heterocycles. The van der Waals surface area contributed by atoms with Gasteiger partial charge in [-0.2, -0.15) is 0 Å². The molecular weight excluding hydrogens is 146 g/mol. The van der Waals surface area contributed by atoms with Gasteiger partial charge in [-0.3, -0.25) is 0 Å². The molecule has 0 N–H and O–H groups in total. The van der Waals surface area contributed by atoms with Crippen LogP contribution in [0, 0.1) is 5.92 Å². The van der Waals surface area contributed by atoms with Crippen LogP contribution in [-0.4, -0.2) is 25.0 Å². The highest BCUT2D eigenvalue weighted by molar-refractivity contribution is 4.87. The summed E-state index contributed by atoms with van der Waals surface area (Å²) < 4.78 is 0. The van der Waals surface area contributed by atoms with E-state index >= 15 is 0 Å². The maximum absolute atomic E-state index is 3.89. The van der Waals surface area contributed by atoms with Crippen LogP contribution >= 0.6 is 0 Å². The van der Waals surface area contributed by atoms with Gasteiger partial charge in [0, 0.05) is 6.54 Å². The fraction of sp³-hybridized carbons (Fsp3) is 0.818.